The Hall–Kier alpha value is -2.69. The molecule has 3 aromatic rings. The summed E-state index contributed by atoms with van der Waals surface area (Å²) in [7, 11) is 0. The van der Waals surface area contributed by atoms with Crippen LogP contribution in [0.2, 0.25) is 0 Å². The van der Waals surface area contributed by atoms with Gasteiger partial charge in [0, 0.05) is 31.5 Å². The van der Waals surface area contributed by atoms with Gasteiger partial charge in [-0.05, 0) is 30.5 Å². The van der Waals surface area contributed by atoms with Gasteiger partial charge in [0.15, 0.2) is 0 Å². The van der Waals surface area contributed by atoms with Crippen LogP contribution < -0.4 is 10.5 Å². The Morgan fingerprint density at radius 3 is 2.91 bits per heavy atom. The molecule has 3 heterocycles. The van der Waals surface area contributed by atoms with Crippen LogP contribution in [0.25, 0.3) is 10.9 Å². The van der Waals surface area contributed by atoms with Crippen molar-refractivity contribution in [3.05, 3.63) is 65.5 Å². The minimum absolute atomic E-state index is 0.0237. The highest BCUT2D eigenvalue weighted by atomic mass is 16.1. The number of anilines is 1. The summed E-state index contributed by atoms with van der Waals surface area (Å²) < 4.78 is 1.74. The van der Waals surface area contributed by atoms with Crippen molar-refractivity contribution in [1.29, 1.82) is 0 Å². The van der Waals surface area contributed by atoms with Gasteiger partial charge in [-0.15, -0.1) is 0 Å². The number of fused-ring (bicyclic) bond motifs is 1. The second-order valence-electron chi connectivity index (χ2n) is 6.03. The minimum atomic E-state index is 0.0237. The van der Waals surface area contributed by atoms with Crippen LogP contribution in [0.1, 0.15) is 6.42 Å². The molecule has 0 unspecified atom stereocenters. The Balaban J connectivity index is 1.53. The van der Waals surface area contributed by atoms with E-state index in [1.165, 1.54) is 5.69 Å². The van der Waals surface area contributed by atoms with Crippen molar-refractivity contribution in [2.75, 3.05) is 18.0 Å². The van der Waals surface area contributed by atoms with Crippen LogP contribution in [0.4, 0.5) is 5.69 Å². The first kappa shape index (κ1) is 13.9. The summed E-state index contributed by atoms with van der Waals surface area (Å²) in [5, 5.41) is 0.639. The maximum absolute atomic E-state index is 12.5. The molecule has 1 saturated heterocycles. The number of hydrogen-bond donors (Lipinski definition) is 0. The number of nitrogens with zero attached hydrogens (tertiary/aromatic N) is 4. The van der Waals surface area contributed by atoms with Gasteiger partial charge in [-0.2, -0.15) is 0 Å². The van der Waals surface area contributed by atoms with Crippen LogP contribution in [-0.2, 0) is 6.54 Å². The summed E-state index contributed by atoms with van der Waals surface area (Å²) in [6.07, 6.45) is 6.02. The zero-order chi connectivity index (χ0) is 15.6. The van der Waals surface area contributed by atoms with E-state index < -0.39 is 0 Å². The van der Waals surface area contributed by atoms with E-state index in [0.29, 0.717) is 23.4 Å². The van der Waals surface area contributed by atoms with Crippen molar-refractivity contribution in [3.8, 4) is 0 Å². The maximum atomic E-state index is 12.5. The lowest BCUT2D eigenvalue weighted by Gasteiger charge is -2.18. The lowest BCUT2D eigenvalue weighted by molar-refractivity contribution is 0.474. The Kier molecular flexibility index (Phi) is 3.54. The molecule has 2 aromatic heterocycles. The molecular weight excluding hydrogens is 288 g/mol. The number of benzene rings is 1. The van der Waals surface area contributed by atoms with Gasteiger partial charge in [0.2, 0.25) is 0 Å². The number of para-hydroxylation sites is 1. The SMILES string of the molecule is O=c1c2ccncc2ncn1C[C@H]1CCN(c2ccccc2)C1. The van der Waals surface area contributed by atoms with Crippen molar-refractivity contribution >= 4 is 16.6 Å². The average Bonchev–Trinajstić information content (AvgIpc) is 3.07. The predicted octanol–water partition coefficient (Wildman–Crippen LogP) is 2.32. The number of aromatic nitrogens is 3. The van der Waals surface area contributed by atoms with Crippen LogP contribution in [0.15, 0.2) is 59.9 Å². The zero-order valence-corrected chi connectivity index (χ0v) is 12.8. The molecule has 4 rings (SSSR count). The van der Waals surface area contributed by atoms with Crippen molar-refractivity contribution in [1.82, 2.24) is 14.5 Å². The fourth-order valence-corrected chi connectivity index (χ4v) is 3.27. The smallest absolute Gasteiger partial charge is 0.261 e. The molecule has 0 bridgehead atoms. The molecule has 23 heavy (non-hydrogen) atoms. The highest BCUT2D eigenvalue weighted by Gasteiger charge is 2.23. The van der Waals surface area contributed by atoms with Gasteiger partial charge < -0.3 is 4.90 Å². The lowest BCUT2D eigenvalue weighted by atomic mass is 10.1. The highest BCUT2D eigenvalue weighted by Crippen LogP contribution is 2.24. The number of pyridine rings is 1. The van der Waals surface area contributed by atoms with Crippen molar-refractivity contribution in [2.45, 2.75) is 13.0 Å². The van der Waals surface area contributed by atoms with E-state index in [1.807, 2.05) is 6.07 Å². The van der Waals surface area contributed by atoms with Gasteiger partial charge in [0.25, 0.3) is 5.56 Å². The molecule has 5 nitrogen and oxygen atoms in total. The largest absolute Gasteiger partial charge is 0.371 e. The third kappa shape index (κ3) is 2.70. The monoisotopic (exact) mass is 306 g/mol. The molecule has 1 fully saturated rings. The quantitative estimate of drug-likeness (QED) is 0.745. The molecule has 0 amide bonds. The fourth-order valence-electron chi connectivity index (χ4n) is 3.27. The highest BCUT2D eigenvalue weighted by molar-refractivity contribution is 5.75. The van der Waals surface area contributed by atoms with Gasteiger partial charge >= 0.3 is 0 Å². The van der Waals surface area contributed by atoms with Crippen LogP contribution >= 0.6 is 0 Å². The van der Waals surface area contributed by atoms with E-state index in [9.17, 15) is 4.79 Å². The number of rotatable bonds is 3. The van der Waals surface area contributed by atoms with Crippen molar-refractivity contribution in [3.63, 3.8) is 0 Å². The minimum Gasteiger partial charge on any atom is -0.371 e. The van der Waals surface area contributed by atoms with E-state index in [-0.39, 0.29) is 5.56 Å². The molecule has 0 aliphatic carbocycles. The lowest BCUT2D eigenvalue weighted by Crippen LogP contribution is -2.26. The third-order valence-corrected chi connectivity index (χ3v) is 4.49. The molecule has 116 valence electrons. The normalized spacial score (nSPS) is 17.7. The van der Waals surface area contributed by atoms with Crippen LogP contribution in [0.5, 0.6) is 0 Å². The molecule has 1 aliphatic heterocycles. The van der Waals surface area contributed by atoms with E-state index in [2.05, 4.69) is 39.1 Å². The van der Waals surface area contributed by atoms with Crippen LogP contribution in [0.3, 0.4) is 0 Å². The Labute approximate surface area is 134 Å². The number of hydrogen-bond acceptors (Lipinski definition) is 4. The average molecular weight is 306 g/mol. The molecule has 0 spiro atoms. The summed E-state index contributed by atoms with van der Waals surface area (Å²) in [6, 6.07) is 12.2. The standard InChI is InChI=1S/C18H18N4O/c23-18-16-6-8-19-10-17(16)20-13-22(18)12-14-7-9-21(11-14)15-4-2-1-3-5-15/h1-6,8,10,13-14H,7,9,11-12H2/t14-/m0/s1. The van der Waals surface area contributed by atoms with Gasteiger partial charge in [0.05, 0.1) is 23.4 Å². The second kappa shape index (κ2) is 5.83. The first-order valence-corrected chi connectivity index (χ1v) is 7.90. The maximum Gasteiger partial charge on any atom is 0.261 e. The van der Waals surface area contributed by atoms with E-state index in [4.69, 9.17) is 0 Å². The summed E-state index contributed by atoms with van der Waals surface area (Å²) in [6.45, 7) is 2.73. The fraction of sp³-hybridized carbons (Fsp3) is 0.278. The summed E-state index contributed by atoms with van der Waals surface area (Å²) in [4.78, 5) is 23.3. The Bertz CT molecular complexity index is 875. The van der Waals surface area contributed by atoms with E-state index in [0.717, 1.165) is 19.5 Å². The Morgan fingerprint density at radius 2 is 2.04 bits per heavy atom. The van der Waals surface area contributed by atoms with Crippen molar-refractivity contribution < 1.29 is 0 Å². The third-order valence-electron chi connectivity index (χ3n) is 4.49. The predicted molar refractivity (Wildman–Crippen MR) is 90.6 cm³/mol. The first-order valence-electron chi connectivity index (χ1n) is 7.90. The molecule has 1 aliphatic rings. The van der Waals surface area contributed by atoms with Crippen LogP contribution in [0, 0.1) is 5.92 Å². The summed E-state index contributed by atoms with van der Waals surface area (Å²) in [5.41, 5.74) is 1.94. The molecule has 1 aromatic carbocycles. The first-order chi connectivity index (χ1) is 11.3. The molecule has 0 radical (unpaired) electrons. The topological polar surface area (TPSA) is 51.0 Å². The Morgan fingerprint density at radius 1 is 1.17 bits per heavy atom. The molecule has 5 heteroatoms. The molecule has 1 atom stereocenters. The van der Waals surface area contributed by atoms with E-state index in [1.54, 1.807) is 29.4 Å². The molecular formula is C18H18N4O. The van der Waals surface area contributed by atoms with Gasteiger partial charge in [-0.25, -0.2) is 4.98 Å². The van der Waals surface area contributed by atoms with Gasteiger partial charge in [-0.1, -0.05) is 18.2 Å². The summed E-state index contributed by atoms with van der Waals surface area (Å²) >= 11 is 0. The van der Waals surface area contributed by atoms with Gasteiger partial charge in [0.1, 0.15) is 0 Å². The zero-order valence-electron chi connectivity index (χ0n) is 12.8. The van der Waals surface area contributed by atoms with Crippen molar-refractivity contribution in [2.24, 2.45) is 5.92 Å². The van der Waals surface area contributed by atoms with E-state index >= 15 is 0 Å². The molecule has 0 saturated carbocycles. The van der Waals surface area contributed by atoms with Crippen LogP contribution in [-0.4, -0.2) is 27.6 Å². The second-order valence-corrected chi connectivity index (χ2v) is 6.03. The summed E-state index contributed by atoms with van der Waals surface area (Å²) in [5.74, 6) is 0.467. The van der Waals surface area contributed by atoms with Gasteiger partial charge in [-0.3, -0.25) is 14.3 Å². The molecule has 0 N–H and O–H groups in total.